The van der Waals surface area contributed by atoms with Gasteiger partial charge in [-0.15, -0.1) is 0 Å². The summed E-state index contributed by atoms with van der Waals surface area (Å²) in [6.45, 7) is 3.27. The van der Waals surface area contributed by atoms with Gasteiger partial charge in [-0.3, -0.25) is 9.79 Å². The van der Waals surface area contributed by atoms with Crippen molar-refractivity contribution in [2.75, 3.05) is 61.2 Å². The van der Waals surface area contributed by atoms with Crippen LogP contribution in [0.3, 0.4) is 0 Å². The first kappa shape index (κ1) is 18.7. The first-order chi connectivity index (χ1) is 9.61. The van der Waals surface area contributed by atoms with Crippen molar-refractivity contribution >= 4 is 11.9 Å². The normalized spacial score (nSPS) is 11.3. The van der Waals surface area contributed by atoms with E-state index in [0.717, 1.165) is 13.0 Å². The Morgan fingerprint density at radius 1 is 1.15 bits per heavy atom. The molecule has 0 aliphatic heterocycles. The van der Waals surface area contributed by atoms with E-state index in [9.17, 15) is 4.79 Å². The number of hydrogen-bond donors (Lipinski definition) is 2. The zero-order chi connectivity index (χ0) is 15.2. The van der Waals surface area contributed by atoms with E-state index in [2.05, 4.69) is 15.6 Å². The predicted octanol–water partition coefficient (Wildman–Crippen LogP) is -0.317. The molecule has 0 saturated carbocycles. The van der Waals surface area contributed by atoms with Crippen molar-refractivity contribution in [2.24, 2.45) is 4.99 Å². The maximum Gasteiger partial charge on any atom is 0.223 e. The lowest BCUT2D eigenvalue weighted by Gasteiger charge is -2.13. The minimum absolute atomic E-state index is 0.0968. The fraction of sp³-hybridized carbons (Fsp3) is 0.846. The van der Waals surface area contributed by atoms with Crippen LogP contribution in [0.5, 0.6) is 0 Å². The summed E-state index contributed by atoms with van der Waals surface area (Å²) < 4.78 is 10.2. The number of ether oxygens (including phenoxy) is 2. The molecule has 0 aliphatic rings. The first-order valence-electron chi connectivity index (χ1n) is 6.83. The van der Waals surface area contributed by atoms with E-state index < -0.39 is 0 Å². The molecule has 0 unspecified atom stereocenters. The lowest BCUT2D eigenvalue weighted by molar-refractivity contribution is -0.128. The molecule has 0 aromatic heterocycles. The van der Waals surface area contributed by atoms with E-state index >= 15 is 0 Å². The topological polar surface area (TPSA) is 75.2 Å². The fourth-order valence-corrected chi connectivity index (χ4v) is 1.36. The van der Waals surface area contributed by atoms with Crippen molar-refractivity contribution in [1.82, 2.24) is 15.5 Å². The molecule has 0 bridgehead atoms. The van der Waals surface area contributed by atoms with Gasteiger partial charge in [0, 0.05) is 54.4 Å². The molecule has 0 aromatic rings. The average molecular weight is 288 g/mol. The Balaban J connectivity index is 3.56. The Morgan fingerprint density at radius 2 is 1.85 bits per heavy atom. The van der Waals surface area contributed by atoms with Crippen molar-refractivity contribution in [1.29, 1.82) is 0 Å². The van der Waals surface area contributed by atoms with Crippen LogP contribution in [-0.4, -0.2) is 77.9 Å². The lowest BCUT2D eigenvalue weighted by Crippen LogP contribution is -2.39. The summed E-state index contributed by atoms with van der Waals surface area (Å²) in [5.41, 5.74) is 0. The summed E-state index contributed by atoms with van der Waals surface area (Å²) in [5, 5.41) is 6.26. The molecule has 0 heterocycles. The molecule has 0 atom stereocenters. The van der Waals surface area contributed by atoms with Gasteiger partial charge in [-0.25, -0.2) is 0 Å². The molecule has 118 valence electrons. The Labute approximate surface area is 121 Å². The number of nitrogens with zero attached hydrogens (tertiary/aromatic N) is 2. The van der Waals surface area contributed by atoms with Gasteiger partial charge in [0.1, 0.15) is 0 Å². The first-order valence-corrected chi connectivity index (χ1v) is 6.83. The van der Waals surface area contributed by atoms with Crippen molar-refractivity contribution in [2.45, 2.75) is 12.8 Å². The molecule has 1 amide bonds. The predicted molar refractivity (Wildman–Crippen MR) is 80.0 cm³/mol. The highest BCUT2D eigenvalue weighted by Crippen LogP contribution is 1.85. The third-order valence-corrected chi connectivity index (χ3v) is 2.54. The van der Waals surface area contributed by atoms with Crippen molar-refractivity contribution in [3.8, 4) is 0 Å². The van der Waals surface area contributed by atoms with E-state index in [1.54, 1.807) is 33.2 Å². The highest BCUT2D eigenvalue weighted by Gasteiger charge is 2.03. The van der Waals surface area contributed by atoms with Crippen LogP contribution in [0.15, 0.2) is 4.99 Å². The minimum atomic E-state index is 0.0968. The largest absolute Gasteiger partial charge is 0.382 e. The van der Waals surface area contributed by atoms with Gasteiger partial charge >= 0.3 is 0 Å². The summed E-state index contributed by atoms with van der Waals surface area (Å²) in [4.78, 5) is 17.1. The molecular weight excluding hydrogens is 260 g/mol. The van der Waals surface area contributed by atoms with E-state index in [-0.39, 0.29) is 5.91 Å². The van der Waals surface area contributed by atoms with Gasteiger partial charge in [0.15, 0.2) is 5.96 Å². The molecule has 0 aliphatic carbocycles. The summed E-state index contributed by atoms with van der Waals surface area (Å²) in [6, 6.07) is 0. The number of methoxy groups -OCH3 is 1. The van der Waals surface area contributed by atoms with Crippen LogP contribution in [0.2, 0.25) is 0 Å². The molecule has 20 heavy (non-hydrogen) atoms. The molecule has 7 nitrogen and oxygen atoms in total. The molecule has 0 saturated heterocycles. The van der Waals surface area contributed by atoms with Crippen LogP contribution in [0.4, 0.5) is 0 Å². The maximum absolute atomic E-state index is 11.4. The lowest BCUT2D eigenvalue weighted by atomic mass is 10.4. The quantitative estimate of drug-likeness (QED) is 0.327. The number of aliphatic imine (C=N–C) groups is 1. The van der Waals surface area contributed by atoms with Crippen LogP contribution in [0.25, 0.3) is 0 Å². The fourth-order valence-electron chi connectivity index (χ4n) is 1.36. The second-order valence-electron chi connectivity index (χ2n) is 4.42. The van der Waals surface area contributed by atoms with Gasteiger partial charge in [-0.1, -0.05) is 0 Å². The summed E-state index contributed by atoms with van der Waals surface area (Å²) in [7, 11) is 6.86. The molecule has 2 N–H and O–H groups in total. The number of amides is 1. The van der Waals surface area contributed by atoms with E-state index in [1.165, 1.54) is 0 Å². The molecule has 0 radical (unpaired) electrons. The standard InChI is InChI=1S/C13H28N4O3/c1-14-13(16-8-6-12(18)17(2)3)15-7-5-9-20-11-10-19-4/h5-11H2,1-4H3,(H2,14,15,16). The second-order valence-corrected chi connectivity index (χ2v) is 4.42. The summed E-state index contributed by atoms with van der Waals surface area (Å²) in [5.74, 6) is 0.799. The van der Waals surface area contributed by atoms with Crippen molar-refractivity contribution < 1.29 is 14.3 Å². The zero-order valence-electron chi connectivity index (χ0n) is 13.1. The number of hydrogen-bond acceptors (Lipinski definition) is 4. The Morgan fingerprint density at radius 3 is 2.45 bits per heavy atom. The van der Waals surface area contributed by atoms with Gasteiger partial charge in [-0.2, -0.15) is 0 Å². The highest BCUT2D eigenvalue weighted by atomic mass is 16.5. The van der Waals surface area contributed by atoms with Crippen LogP contribution in [-0.2, 0) is 14.3 Å². The Bertz CT molecular complexity index is 283. The van der Waals surface area contributed by atoms with E-state index in [1.807, 2.05) is 0 Å². The van der Waals surface area contributed by atoms with Crippen LogP contribution in [0, 0.1) is 0 Å². The zero-order valence-corrected chi connectivity index (χ0v) is 13.1. The smallest absolute Gasteiger partial charge is 0.223 e. The van der Waals surface area contributed by atoms with Crippen molar-refractivity contribution in [3.05, 3.63) is 0 Å². The molecule has 0 spiro atoms. The molecular formula is C13H28N4O3. The summed E-state index contributed by atoms with van der Waals surface area (Å²) in [6.07, 6.45) is 1.34. The minimum Gasteiger partial charge on any atom is -0.382 e. The van der Waals surface area contributed by atoms with Crippen molar-refractivity contribution in [3.63, 3.8) is 0 Å². The average Bonchev–Trinajstić information content (AvgIpc) is 2.44. The van der Waals surface area contributed by atoms with Crippen LogP contribution < -0.4 is 10.6 Å². The van der Waals surface area contributed by atoms with Gasteiger partial charge in [0.2, 0.25) is 5.91 Å². The van der Waals surface area contributed by atoms with Gasteiger partial charge in [-0.05, 0) is 6.42 Å². The number of nitrogens with one attached hydrogen (secondary N) is 2. The Kier molecular flexibility index (Phi) is 11.8. The number of guanidine groups is 1. The Hall–Kier alpha value is -1.34. The van der Waals surface area contributed by atoms with Crippen LogP contribution >= 0.6 is 0 Å². The molecule has 0 aromatic carbocycles. The summed E-state index contributed by atoms with van der Waals surface area (Å²) >= 11 is 0. The number of carbonyl (C=O) groups excluding carboxylic acids is 1. The van der Waals surface area contributed by atoms with Gasteiger partial charge < -0.3 is 25.0 Å². The van der Waals surface area contributed by atoms with Crippen LogP contribution in [0.1, 0.15) is 12.8 Å². The molecule has 0 fully saturated rings. The van der Waals surface area contributed by atoms with E-state index in [0.29, 0.717) is 38.7 Å². The maximum atomic E-state index is 11.4. The second kappa shape index (κ2) is 12.7. The monoisotopic (exact) mass is 288 g/mol. The highest BCUT2D eigenvalue weighted by molar-refractivity contribution is 5.81. The molecule has 0 rings (SSSR count). The molecule has 7 heteroatoms. The number of carbonyl (C=O) groups is 1. The third kappa shape index (κ3) is 10.6. The van der Waals surface area contributed by atoms with E-state index in [4.69, 9.17) is 9.47 Å². The SMILES string of the molecule is CN=C(NCCCOCCOC)NCCC(=O)N(C)C. The van der Waals surface area contributed by atoms with Gasteiger partial charge in [0.05, 0.1) is 13.2 Å². The third-order valence-electron chi connectivity index (χ3n) is 2.54. The number of rotatable bonds is 10. The van der Waals surface area contributed by atoms with Gasteiger partial charge in [0.25, 0.3) is 0 Å².